The highest BCUT2D eigenvalue weighted by Gasteiger charge is 2.34. The number of nitrogens with two attached hydrogens (primary N) is 1. The van der Waals surface area contributed by atoms with E-state index in [4.69, 9.17) is 10.5 Å². The van der Waals surface area contributed by atoms with Crippen molar-refractivity contribution in [1.82, 2.24) is 5.32 Å². The second kappa shape index (κ2) is 7.57. The first-order valence-electron chi connectivity index (χ1n) is 7.93. The van der Waals surface area contributed by atoms with Crippen LogP contribution in [-0.4, -0.2) is 37.1 Å². The first kappa shape index (κ1) is 17.4. The predicted molar refractivity (Wildman–Crippen MR) is 89.0 cm³/mol. The Kier molecular flexibility index (Phi) is 5.74. The Labute approximate surface area is 136 Å². The lowest BCUT2D eigenvalue weighted by Gasteiger charge is -2.22. The van der Waals surface area contributed by atoms with E-state index in [-0.39, 0.29) is 11.9 Å². The summed E-state index contributed by atoms with van der Waals surface area (Å²) in [6, 6.07) is 7.07. The lowest BCUT2D eigenvalue weighted by atomic mass is 10.0. The molecule has 3 atom stereocenters. The third-order valence-electron chi connectivity index (χ3n) is 4.14. The largest absolute Gasteiger partial charge is 0.379 e. The molecular formula is C17H25N3O3. The van der Waals surface area contributed by atoms with Crippen LogP contribution in [0.5, 0.6) is 0 Å². The van der Waals surface area contributed by atoms with E-state index in [9.17, 15) is 9.59 Å². The third-order valence-corrected chi connectivity index (χ3v) is 4.14. The zero-order valence-electron chi connectivity index (χ0n) is 13.8. The molecule has 1 heterocycles. The summed E-state index contributed by atoms with van der Waals surface area (Å²) >= 11 is 0. The monoisotopic (exact) mass is 319 g/mol. The van der Waals surface area contributed by atoms with Gasteiger partial charge in [0.15, 0.2) is 0 Å². The Hall–Kier alpha value is -1.92. The Morgan fingerprint density at radius 2 is 1.91 bits per heavy atom. The molecule has 0 saturated carbocycles. The summed E-state index contributed by atoms with van der Waals surface area (Å²) < 4.78 is 5.29. The molecule has 1 saturated heterocycles. The molecule has 2 amide bonds. The van der Waals surface area contributed by atoms with Crippen molar-refractivity contribution in [2.24, 2.45) is 11.7 Å². The van der Waals surface area contributed by atoms with Crippen LogP contribution in [0.1, 0.15) is 32.3 Å². The topological polar surface area (TPSA) is 93.4 Å². The number of ether oxygens (including phenoxy) is 1. The zero-order valence-corrected chi connectivity index (χ0v) is 13.8. The molecule has 2 rings (SSSR count). The van der Waals surface area contributed by atoms with Crippen molar-refractivity contribution >= 4 is 17.5 Å². The lowest BCUT2D eigenvalue weighted by Crippen LogP contribution is -2.49. The van der Waals surface area contributed by atoms with E-state index in [2.05, 4.69) is 24.5 Å². The second-order valence-corrected chi connectivity index (χ2v) is 6.27. The minimum atomic E-state index is -0.455. The molecule has 1 fully saturated rings. The van der Waals surface area contributed by atoms with E-state index in [0.29, 0.717) is 19.1 Å². The molecule has 1 aromatic rings. The summed E-state index contributed by atoms with van der Waals surface area (Å²) in [6.45, 7) is 6.62. The first-order chi connectivity index (χ1) is 10.9. The van der Waals surface area contributed by atoms with Gasteiger partial charge in [-0.3, -0.25) is 9.59 Å². The molecule has 4 N–H and O–H groups in total. The maximum Gasteiger partial charge on any atom is 0.241 e. The molecule has 1 aromatic carbocycles. The van der Waals surface area contributed by atoms with Crippen molar-refractivity contribution in [3.05, 3.63) is 29.8 Å². The van der Waals surface area contributed by atoms with Gasteiger partial charge in [-0.25, -0.2) is 0 Å². The van der Waals surface area contributed by atoms with Gasteiger partial charge in [0.2, 0.25) is 11.8 Å². The van der Waals surface area contributed by atoms with E-state index in [1.807, 2.05) is 24.3 Å². The van der Waals surface area contributed by atoms with Crippen LogP contribution in [0.4, 0.5) is 5.69 Å². The van der Waals surface area contributed by atoms with E-state index in [1.54, 1.807) is 6.92 Å². The van der Waals surface area contributed by atoms with Crippen LogP contribution in [0.2, 0.25) is 0 Å². The SMILES string of the molecule is CC(N[C@@H]1COC[C@@H]1C(N)=O)C(=O)Nc1ccccc1C(C)C. The summed E-state index contributed by atoms with van der Waals surface area (Å²) in [4.78, 5) is 23.8. The second-order valence-electron chi connectivity index (χ2n) is 6.27. The molecule has 23 heavy (non-hydrogen) atoms. The molecule has 126 valence electrons. The van der Waals surface area contributed by atoms with Crippen LogP contribution >= 0.6 is 0 Å². The van der Waals surface area contributed by atoms with Gasteiger partial charge in [0.25, 0.3) is 0 Å². The number of para-hydroxylation sites is 1. The molecule has 1 aliphatic rings. The maximum atomic E-state index is 12.4. The Balaban J connectivity index is 1.99. The molecule has 0 spiro atoms. The number of carbonyl (C=O) groups is 2. The molecule has 6 heteroatoms. The highest BCUT2D eigenvalue weighted by atomic mass is 16.5. The summed E-state index contributed by atoms with van der Waals surface area (Å²) in [7, 11) is 0. The van der Waals surface area contributed by atoms with Crippen molar-refractivity contribution in [3.8, 4) is 0 Å². The number of anilines is 1. The number of rotatable bonds is 6. The molecule has 0 aliphatic carbocycles. The Morgan fingerprint density at radius 1 is 1.22 bits per heavy atom. The van der Waals surface area contributed by atoms with Crippen LogP contribution in [0.15, 0.2) is 24.3 Å². The zero-order chi connectivity index (χ0) is 17.0. The Bertz CT molecular complexity index is 574. The molecule has 1 aliphatic heterocycles. The minimum Gasteiger partial charge on any atom is -0.379 e. The van der Waals surface area contributed by atoms with Gasteiger partial charge in [0, 0.05) is 11.7 Å². The van der Waals surface area contributed by atoms with Crippen LogP contribution in [0.3, 0.4) is 0 Å². The maximum absolute atomic E-state index is 12.4. The van der Waals surface area contributed by atoms with Gasteiger partial charge >= 0.3 is 0 Å². The average Bonchev–Trinajstić information content (AvgIpc) is 2.95. The number of hydrogen-bond donors (Lipinski definition) is 3. The number of carbonyl (C=O) groups excluding carboxylic acids is 2. The quantitative estimate of drug-likeness (QED) is 0.735. The normalized spacial score (nSPS) is 22.1. The number of primary amides is 1. The van der Waals surface area contributed by atoms with Gasteiger partial charge in [0.1, 0.15) is 0 Å². The number of hydrogen-bond acceptors (Lipinski definition) is 4. The molecule has 1 unspecified atom stereocenters. The van der Waals surface area contributed by atoms with Gasteiger partial charge in [0.05, 0.1) is 25.2 Å². The minimum absolute atomic E-state index is 0.145. The van der Waals surface area contributed by atoms with E-state index in [0.717, 1.165) is 11.3 Å². The molecule has 6 nitrogen and oxygen atoms in total. The standard InChI is InChI=1S/C17H25N3O3/c1-10(2)12-6-4-5-7-14(12)20-17(22)11(3)19-15-9-23-8-13(15)16(18)21/h4-7,10-11,13,15,19H,8-9H2,1-3H3,(H2,18,21)(H,20,22)/t11?,13-,15+/m0/s1. The van der Waals surface area contributed by atoms with Crippen LogP contribution in [0, 0.1) is 5.92 Å². The van der Waals surface area contributed by atoms with Crippen LogP contribution < -0.4 is 16.4 Å². The van der Waals surface area contributed by atoms with Gasteiger partial charge in [-0.2, -0.15) is 0 Å². The predicted octanol–water partition coefficient (Wildman–Crippen LogP) is 1.23. The highest BCUT2D eigenvalue weighted by Crippen LogP contribution is 2.23. The number of nitrogens with one attached hydrogen (secondary N) is 2. The molecule has 0 radical (unpaired) electrons. The summed E-state index contributed by atoms with van der Waals surface area (Å²) in [6.07, 6.45) is 0. The smallest absolute Gasteiger partial charge is 0.241 e. The molecule has 0 aromatic heterocycles. The van der Waals surface area contributed by atoms with Crippen LogP contribution in [-0.2, 0) is 14.3 Å². The summed E-state index contributed by atoms with van der Waals surface area (Å²) in [5.41, 5.74) is 7.26. The molecule has 0 bridgehead atoms. The highest BCUT2D eigenvalue weighted by molar-refractivity contribution is 5.95. The van der Waals surface area contributed by atoms with E-state index < -0.39 is 17.9 Å². The van der Waals surface area contributed by atoms with E-state index >= 15 is 0 Å². The summed E-state index contributed by atoms with van der Waals surface area (Å²) in [5.74, 6) is -0.628. The fourth-order valence-corrected chi connectivity index (χ4v) is 2.75. The number of benzene rings is 1. The van der Waals surface area contributed by atoms with Gasteiger partial charge in [-0.1, -0.05) is 32.0 Å². The van der Waals surface area contributed by atoms with E-state index in [1.165, 1.54) is 0 Å². The van der Waals surface area contributed by atoms with Crippen molar-refractivity contribution in [2.45, 2.75) is 38.8 Å². The van der Waals surface area contributed by atoms with Crippen molar-refractivity contribution in [3.63, 3.8) is 0 Å². The van der Waals surface area contributed by atoms with Gasteiger partial charge < -0.3 is 21.1 Å². The first-order valence-corrected chi connectivity index (χ1v) is 7.93. The van der Waals surface area contributed by atoms with Gasteiger partial charge in [-0.15, -0.1) is 0 Å². The van der Waals surface area contributed by atoms with Crippen molar-refractivity contribution in [1.29, 1.82) is 0 Å². The van der Waals surface area contributed by atoms with Crippen molar-refractivity contribution < 1.29 is 14.3 Å². The fourth-order valence-electron chi connectivity index (χ4n) is 2.75. The van der Waals surface area contributed by atoms with Crippen molar-refractivity contribution in [2.75, 3.05) is 18.5 Å². The fraction of sp³-hybridized carbons (Fsp3) is 0.529. The summed E-state index contributed by atoms with van der Waals surface area (Å²) in [5, 5.41) is 6.09. The van der Waals surface area contributed by atoms with Gasteiger partial charge in [-0.05, 0) is 24.5 Å². The van der Waals surface area contributed by atoms with Crippen LogP contribution in [0.25, 0.3) is 0 Å². The number of amides is 2. The Morgan fingerprint density at radius 3 is 2.57 bits per heavy atom. The lowest BCUT2D eigenvalue weighted by molar-refractivity contribution is -0.123. The third kappa shape index (κ3) is 4.30. The molecular weight excluding hydrogens is 294 g/mol. The average molecular weight is 319 g/mol.